The fourth-order valence-electron chi connectivity index (χ4n) is 2.51. The lowest BCUT2D eigenvalue weighted by Gasteiger charge is -2.30. The second-order valence-electron chi connectivity index (χ2n) is 6.08. The first-order valence-corrected chi connectivity index (χ1v) is 7.83. The molecule has 0 aliphatic carbocycles. The van der Waals surface area contributed by atoms with Gasteiger partial charge in [-0.15, -0.1) is 0 Å². The molecule has 4 nitrogen and oxygen atoms in total. The first-order valence-electron chi connectivity index (χ1n) is 7.83. The van der Waals surface area contributed by atoms with Crippen LogP contribution in [0.15, 0.2) is 24.3 Å². The Morgan fingerprint density at radius 3 is 2.67 bits per heavy atom. The molecule has 0 atom stereocenters. The number of ether oxygens (including phenoxy) is 1. The Morgan fingerprint density at radius 2 is 2.00 bits per heavy atom. The number of hydrogen-bond acceptors (Lipinski definition) is 3. The predicted octanol–water partition coefficient (Wildman–Crippen LogP) is 3.14. The number of likely N-dealkylation sites (tertiary alicyclic amines) is 1. The first-order chi connectivity index (χ1) is 10.1. The number of carbonyl (C=O) groups excluding carboxylic acids is 1. The minimum atomic E-state index is 0.118. The normalized spacial score (nSPS) is 16.1. The van der Waals surface area contributed by atoms with Crippen LogP contribution in [-0.2, 0) is 4.79 Å². The average molecular weight is 290 g/mol. The van der Waals surface area contributed by atoms with Gasteiger partial charge < -0.3 is 15.0 Å². The predicted molar refractivity (Wildman–Crippen MR) is 85.7 cm³/mol. The van der Waals surface area contributed by atoms with E-state index in [0.717, 1.165) is 43.3 Å². The van der Waals surface area contributed by atoms with Gasteiger partial charge in [0.25, 0.3) is 0 Å². The largest absolute Gasteiger partial charge is 0.489 e. The Balaban J connectivity index is 1.89. The van der Waals surface area contributed by atoms with Gasteiger partial charge in [-0.25, -0.2) is 0 Å². The second-order valence-corrected chi connectivity index (χ2v) is 6.08. The number of piperidine rings is 1. The average Bonchev–Trinajstić information content (AvgIpc) is 2.46. The van der Waals surface area contributed by atoms with Gasteiger partial charge in [0.05, 0.1) is 18.3 Å². The molecule has 4 heteroatoms. The fourth-order valence-corrected chi connectivity index (χ4v) is 2.51. The summed E-state index contributed by atoms with van der Waals surface area (Å²) >= 11 is 0. The number of carbonyl (C=O) groups is 1. The van der Waals surface area contributed by atoms with Crippen LogP contribution in [0.25, 0.3) is 0 Å². The first kappa shape index (κ1) is 15.7. The molecule has 1 aliphatic rings. The molecule has 1 aliphatic heterocycles. The molecule has 1 heterocycles. The van der Waals surface area contributed by atoms with Gasteiger partial charge in [0.15, 0.2) is 0 Å². The smallest absolute Gasteiger partial charge is 0.241 e. The summed E-state index contributed by atoms with van der Waals surface area (Å²) in [6.45, 7) is 8.33. The molecule has 0 aromatic heterocycles. The van der Waals surface area contributed by atoms with Gasteiger partial charge in [-0.3, -0.25) is 4.79 Å². The van der Waals surface area contributed by atoms with Crippen molar-refractivity contribution < 1.29 is 9.53 Å². The Labute approximate surface area is 127 Å². The Hall–Kier alpha value is -1.71. The van der Waals surface area contributed by atoms with Crippen LogP contribution in [0.3, 0.4) is 0 Å². The van der Waals surface area contributed by atoms with E-state index >= 15 is 0 Å². The zero-order valence-corrected chi connectivity index (χ0v) is 13.3. The molecule has 1 N–H and O–H groups in total. The summed E-state index contributed by atoms with van der Waals surface area (Å²) in [5, 5.41) is 3.21. The van der Waals surface area contributed by atoms with E-state index < -0.39 is 0 Å². The van der Waals surface area contributed by atoms with Crippen molar-refractivity contribution >= 4 is 11.6 Å². The molecule has 116 valence electrons. The molecule has 1 saturated heterocycles. The van der Waals surface area contributed by atoms with Crippen LogP contribution in [0.4, 0.5) is 5.69 Å². The van der Waals surface area contributed by atoms with E-state index in [9.17, 15) is 4.79 Å². The minimum absolute atomic E-state index is 0.118. The Kier molecular flexibility index (Phi) is 5.48. The molecule has 0 unspecified atom stereocenters. The van der Waals surface area contributed by atoms with Gasteiger partial charge in [0.2, 0.25) is 5.91 Å². The number of amides is 1. The van der Waals surface area contributed by atoms with Gasteiger partial charge in [-0.2, -0.15) is 0 Å². The lowest BCUT2D eigenvalue weighted by atomic mass is 9.99. The van der Waals surface area contributed by atoms with Gasteiger partial charge in [-0.05, 0) is 44.7 Å². The third-order valence-electron chi connectivity index (χ3n) is 3.82. The van der Waals surface area contributed by atoms with E-state index in [1.165, 1.54) is 0 Å². The van der Waals surface area contributed by atoms with Crippen molar-refractivity contribution in [1.29, 1.82) is 0 Å². The second kappa shape index (κ2) is 7.34. The van der Waals surface area contributed by atoms with Crippen LogP contribution >= 0.6 is 0 Å². The molecule has 0 bridgehead atoms. The highest BCUT2D eigenvalue weighted by molar-refractivity contribution is 5.81. The quantitative estimate of drug-likeness (QED) is 0.906. The summed E-state index contributed by atoms with van der Waals surface area (Å²) in [4.78, 5) is 14.2. The van der Waals surface area contributed by atoms with Crippen molar-refractivity contribution in [2.45, 2.75) is 39.7 Å². The molecule has 2 rings (SSSR count). The monoisotopic (exact) mass is 290 g/mol. The highest BCUT2D eigenvalue weighted by Crippen LogP contribution is 2.24. The molecule has 21 heavy (non-hydrogen) atoms. The van der Waals surface area contributed by atoms with Crippen molar-refractivity contribution in [2.75, 3.05) is 25.0 Å². The maximum Gasteiger partial charge on any atom is 0.241 e. The van der Waals surface area contributed by atoms with Crippen LogP contribution in [0.5, 0.6) is 5.75 Å². The van der Waals surface area contributed by atoms with Gasteiger partial charge in [0.1, 0.15) is 5.75 Å². The highest BCUT2D eigenvalue weighted by atomic mass is 16.5. The van der Waals surface area contributed by atoms with Crippen molar-refractivity contribution in [2.24, 2.45) is 5.92 Å². The van der Waals surface area contributed by atoms with Crippen LogP contribution in [0, 0.1) is 5.92 Å². The summed E-state index contributed by atoms with van der Waals surface area (Å²) in [6, 6.07) is 7.76. The van der Waals surface area contributed by atoms with E-state index in [-0.39, 0.29) is 12.0 Å². The maximum absolute atomic E-state index is 12.2. The van der Waals surface area contributed by atoms with Gasteiger partial charge in [-0.1, -0.05) is 19.1 Å². The van der Waals surface area contributed by atoms with E-state index in [1.807, 2.05) is 43.0 Å². The van der Waals surface area contributed by atoms with Crippen LogP contribution in [0.1, 0.15) is 33.6 Å². The van der Waals surface area contributed by atoms with Crippen molar-refractivity contribution in [1.82, 2.24) is 4.90 Å². The summed E-state index contributed by atoms with van der Waals surface area (Å²) in [6.07, 6.45) is 2.34. The Bertz CT molecular complexity index is 466. The summed E-state index contributed by atoms with van der Waals surface area (Å²) in [7, 11) is 0. The fraction of sp³-hybridized carbons (Fsp3) is 0.588. The van der Waals surface area contributed by atoms with Gasteiger partial charge in [0, 0.05) is 13.1 Å². The number of benzene rings is 1. The number of hydrogen-bond donors (Lipinski definition) is 1. The van der Waals surface area contributed by atoms with Crippen LogP contribution in [-0.4, -0.2) is 36.5 Å². The zero-order chi connectivity index (χ0) is 15.2. The van der Waals surface area contributed by atoms with E-state index in [1.54, 1.807) is 0 Å². The summed E-state index contributed by atoms with van der Waals surface area (Å²) in [5.74, 6) is 1.70. The molecule has 1 fully saturated rings. The summed E-state index contributed by atoms with van der Waals surface area (Å²) < 4.78 is 5.75. The lowest BCUT2D eigenvalue weighted by Crippen LogP contribution is -2.40. The third-order valence-corrected chi connectivity index (χ3v) is 3.82. The SMILES string of the molecule is CC1CCN(C(=O)CNc2ccccc2OC(C)C)CC1. The van der Waals surface area contributed by atoms with Crippen molar-refractivity contribution in [3.05, 3.63) is 24.3 Å². The van der Waals surface area contributed by atoms with Crippen molar-refractivity contribution in [3.63, 3.8) is 0 Å². The van der Waals surface area contributed by atoms with Gasteiger partial charge >= 0.3 is 0 Å². The zero-order valence-electron chi connectivity index (χ0n) is 13.3. The molecule has 1 amide bonds. The number of anilines is 1. The number of rotatable bonds is 5. The lowest BCUT2D eigenvalue weighted by molar-refractivity contribution is -0.130. The molecule has 0 radical (unpaired) electrons. The van der Waals surface area contributed by atoms with Crippen LogP contribution < -0.4 is 10.1 Å². The molecule has 0 spiro atoms. The topological polar surface area (TPSA) is 41.6 Å². The number of nitrogens with one attached hydrogen (secondary N) is 1. The molecule has 0 saturated carbocycles. The minimum Gasteiger partial charge on any atom is -0.489 e. The van der Waals surface area contributed by atoms with E-state index in [2.05, 4.69) is 12.2 Å². The molecular formula is C17H26N2O2. The van der Waals surface area contributed by atoms with Crippen molar-refractivity contribution in [3.8, 4) is 5.75 Å². The molecule has 1 aromatic carbocycles. The molecular weight excluding hydrogens is 264 g/mol. The molecule has 1 aromatic rings. The van der Waals surface area contributed by atoms with E-state index in [4.69, 9.17) is 4.74 Å². The highest BCUT2D eigenvalue weighted by Gasteiger charge is 2.20. The third kappa shape index (κ3) is 4.66. The maximum atomic E-state index is 12.2. The van der Waals surface area contributed by atoms with Crippen LogP contribution in [0.2, 0.25) is 0 Å². The summed E-state index contributed by atoms with van der Waals surface area (Å²) in [5.41, 5.74) is 0.880. The Morgan fingerprint density at radius 1 is 1.33 bits per heavy atom. The van der Waals surface area contributed by atoms with E-state index in [0.29, 0.717) is 6.54 Å². The standard InChI is InChI=1S/C17H26N2O2/c1-13(2)21-16-7-5-4-6-15(16)18-12-17(20)19-10-8-14(3)9-11-19/h4-7,13-14,18H,8-12H2,1-3H3. The number of para-hydroxylation sites is 2. The number of nitrogens with zero attached hydrogens (tertiary/aromatic N) is 1.